The van der Waals surface area contributed by atoms with Gasteiger partial charge in [-0.05, 0) is 48.4 Å². The summed E-state index contributed by atoms with van der Waals surface area (Å²) < 4.78 is 16.8. The van der Waals surface area contributed by atoms with Crippen molar-refractivity contribution in [2.45, 2.75) is 19.4 Å². The molecule has 0 bridgehead atoms. The second kappa shape index (κ2) is 8.93. The fraction of sp³-hybridized carbons (Fsp3) is 0.455. The van der Waals surface area contributed by atoms with Crippen molar-refractivity contribution < 1.29 is 14.2 Å². The topological polar surface area (TPSA) is 34.2 Å². The highest BCUT2D eigenvalue weighted by Gasteiger charge is 2.19. The van der Waals surface area contributed by atoms with Crippen LogP contribution >= 0.6 is 11.6 Å². The third kappa shape index (κ3) is 4.47. The Morgan fingerprint density at radius 3 is 2.61 bits per heavy atom. The lowest BCUT2D eigenvalue weighted by Gasteiger charge is -2.24. The lowest BCUT2D eigenvalue weighted by molar-refractivity contribution is 0.283. The molecule has 0 unspecified atom stereocenters. The molecule has 0 amide bonds. The lowest BCUT2D eigenvalue weighted by Crippen LogP contribution is -2.30. The van der Waals surface area contributed by atoms with Crippen molar-refractivity contribution in [3.05, 3.63) is 47.0 Å². The maximum absolute atomic E-state index is 6.46. The molecule has 0 aromatic heterocycles. The Morgan fingerprint density at radius 2 is 1.79 bits per heavy atom. The number of hydrogen-bond donors (Lipinski definition) is 0. The largest absolute Gasteiger partial charge is 0.497 e. The summed E-state index contributed by atoms with van der Waals surface area (Å²) in [6.45, 7) is 6.34. The van der Waals surface area contributed by atoms with Crippen LogP contribution in [-0.4, -0.2) is 51.4 Å². The van der Waals surface area contributed by atoms with Gasteiger partial charge in [-0.2, -0.15) is 0 Å². The molecule has 1 fully saturated rings. The van der Waals surface area contributed by atoms with Crippen LogP contribution < -0.4 is 19.1 Å². The normalized spacial score (nSPS) is 17.7. The number of methoxy groups -OCH3 is 1. The molecule has 28 heavy (non-hydrogen) atoms. The zero-order valence-corrected chi connectivity index (χ0v) is 17.1. The molecule has 0 spiro atoms. The Bertz CT molecular complexity index is 797. The van der Waals surface area contributed by atoms with Gasteiger partial charge in [-0.15, -0.1) is 0 Å². The van der Waals surface area contributed by atoms with Gasteiger partial charge in [-0.3, -0.25) is 4.90 Å². The molecular formula is C22H27ClN2O3. The SMILES string of the molecule is COc1ccc(N2CCCN(Cc3cc(Cl)c4c(c3)OCCCO4)CC2)cc1. The number of ether oxygens (including phenoxy) is 3. The highest BCUT2D eigenvalue weighted by Crippen LogP contribution is 2.38. The first-order valence-electron chi connectivity index (χ1n) is 9.92. The van der Waals surface area contributed by atoms with Gasteiger partial charge in [-0.1, -0.05) is 11.6 Å². The zero-order chi connectivity index (χ0) is 19.3. The Labute approximate surface area is 171 Å². The molecule has 6 heteroatoms. The Kier molecular flexibility index (Phi) is 6.13. The van der Waals surface area contributed by atoms with Crippen molar-refractivity contribution in [1.82, 2.24) is 4.90 Å². The van der Waals surface area contributed by atoms with Crippen molar-refractivity contribution in [3.8, 4) is 17.2 Å². The van der Waals surface area contributed by atoms with Crippen molar-refractivity contribution >= 4 is 17.3 Å². The molecule has 150 valence electrons. The van der Waals surface area contributed by atoms with Gasteiger partial charge in [0.15, 0.2) is 11.5 Å². The first kappa shape index (κ1) is 19.2. The van der Waals surface area contributed by atoms with Crippen LogP contribution in [0.1, 0.15) is 18.4 Å². The number of fused-ring (bicyclic) bond motifs is 1. The van der Waals surface area contributed by atoms with Crippen LogP contribution in [0.2, 0.25) is 5.02 Å². The Balaban J connectivity index is 1.41. The number of benzene rings is 2. The molecule has 1 saturated heterocycles. The third-order valence-electron chi connectivity index (χ3n) is 5.29. The lowest BCUT2D eigenvalue weighted by atomic mass is 10.2. The molecule has 4 rings (SSSR count). The molecule has 0 radical (unpaired) electrons. The summed E-state index contributed by atoms with van der Waals surface area (Å²) in [6, 6.07) is 12.4. The minimum absolute atomic E-state index is 0.643. The smallest absolute Gasteiger partial charge is 0.179 e. The summed E-state index contributed by atoms with van der Waals surface area (Å²) in [6.07, 6.45) is 2.01. The van der Waals surface area contributed by atoms with Crippen molar-refractivity contribution in [2.24, 2.45) is 0 Å². The number of hydrogen-bond acceptors (Lipinski definition) is 5. The van der Waals surface area contributed by atoms with Gasteiger partial charge < -0.3 is 19.1 Å². The van der Waals surface area contributed by atoms with Gasteiger partial charge in [0.05, 0.1) is 25.3 Å². The number of rotatable bonds is 4. The summed E-state index contributed by atoms with van der Waals surface area (Å²) >= 11 is 6.46. The van der Waals surface area contributed by atoms with Crippen LogP contribution in [0.5, 0.6) is 17.2 Å². The van der Waals surface area contributed by atoms with E-state index in [1.54, 1.807) is 7.11 Å². The second-order valence-corrected chi connectivity index (χ2v) is 7.68. The minimum Gasteiger partial charge on any atom is -0.497 e. The van der Waals surface area contributed by atoms with E-state index in [2.05, 4.69) is 28.0 Å². The monoisotopic (exact) mass is 402 g/mol. The van der Waals surface area contributed by atoms with Crippen LogP contribution in [0, 0.1) is 0 Å². The Morgan fingerprint density at radius 1 is 0.964 bits per heavy atom. The molecular weight excluding hydrogens is 376 g/mol. The van der Waals surface area contributed by atoms with E-state index in [-0.39, 0.29) is 0 Å². The van der Waals surface area contributed by atoms with E-state index in [9.17, 15) is 0 Å². The molecule has 0 N–H and O–H groups in total. The standard InChI is InChI=1S/C22H27ClN2O3/c1-26-19-6-4-18(5-7-19)25-9-2-8-24(10-11-25)16-17-14-20(23)22-21(15-17)27-12-3-13-28-22/h4-7,14-15H,2-3,8-13,16H2,1H3. The maximum Gasteiger partial charge on any atom is 0.179 e. The first-order chi connectivity index (χ1) is 13.7. The highest BCUT2D eigenvalue weighted by atomic mass is 35.5. The second-order valence-electron chi connectivity index (χ2n) is 7.27. The molecule has 2 heterocycles. The van der Waals surface area contributed by atoms with Crippen molar-refractivity contribution in [2.75, 3.05) is 51.4 Å². The summed E-state index contributed by atoms with van der Waals surface area (Å²) in [7, 11) is 1.70. The molecule has 2 aliphatic rings. The zero-order valence-electron chi connectivity index (χ0n) is 16.3. The van der Waals surface area contributed by atoms with E-state index >= 15 is 0 Å². The van der Waals surface area contributed by atoms with Gasteiger partial charge in [-0.25, -0.2) is 0 Å². The highest BCUT2D eigenvalue weighted by molar-refractivity contribution is 6.32. The van der Waals surface area contributed by atoms with E-state index in [0.29, 0.717) is 24.0 Å². The van der Waals surface area contributed by atoms with Crippen LogP contribution in [0.25, 0.3) is 0 Å². The summed E-state index contributed by atoms with van der Waals surface area (Å²) in [5.41, 5.74) is 2.42. The molecule has 2 aromatic rings. The van der Waals surface area contributed by atoms with E-state index in [1.807, 2.05) is 18.2 Å². The van der Waals surface area contributed by atoms with Gasteiger partial charge in [0, 0.05) is 44.8 Å². The van der Waals surface area contributed by atoms with Gasteiger partial charge >= 0.3 is 0 Å². The predicted molar refractivity (Wildman–Crippen MR) is 112 cm³/mol. The number of halogens is 1. The molecule has 5 nitrogen and oxygen atoms in total. The third-order valence-corrected chi connectivity index (χ3v) is 5.57. The van der Waals surface area contributed by atoms with Gasteiger partial charge in [0.1, 0.15) is 5.75 Å². The maximum atomic E-state index is 6.46. The van der Waals surface area contributed by atoms with E-state index in [0.717, 1.165) is 57.1 Å². The van der Waals surface area contributed by atoms with E-state index in [1.165, 1.54) is 11.3 Å². The van der Waals surface area contributed by atoms with Crippen LogP contribution in [0.15, 0.2) is 36.4 Å². The Hall–Kier alpha value is -2.11. The van der Waals surface area contributed by atoms with Gasteiger partial charge in [0.25, 0.3) is 0 Å². The van der Waals surface area contributed by atoms with Crippen LogP contribution in [-0.2, 0) is 6.54 Å². The fourth-order valence-electron chi connectivity index (χ4n) is 3.81. The summed E-state index contributed by atoms with van der Waals surface area (Å²) in [5.74, 6) is 2.35. The first-order valence-corrected chi connectivity index (χ1v) is 10.3. The number of nitrogens with zero attached hydrogens (tertiary/aromatic N) is 2. The molecule has 0 aliphatic carbocycles. The van der Waals surface area contributed by atoms with E-state index < -0.39 is 0 Å². The van der Waals surface area contributed by atoms with Crippen molar-refractivity contribution in [3.63, 3.8) is 0 Å². The fourth-order valence-corrected chi connectivity index (χ4v) is 4.10. The van der Waals surface area contributed by atoms with E-state index in [4.69, 9.17) is 25.8 Å². The quantitative estimate of drug-likeness (QED) is 0.764. The molecule has 2 aliphatic heterocycles. The van der Waals surface area contributed by atoms with Gasteiger partial charge in [0.2, 0.25) is 0 Å². The molecule has 0 saturated carbocycles. The molecule has 0 atom stereocenters. The predicted octanol–water partition coefficient (Wildman–Crippen LogP) is 4.22. The van der Waals surface area contributed by atoms with Crippen molar-refractivity contribution in [1.29, 1.82) is 0 Å². The molecule has 2 aromatic carbocycles. The summed E-state index contributed by atoms with van der Waals surface area (Å²) in [4.78, 5) is 4.93. The average Bonchev–Trinajstić information content (AvgIpc) is 3.09. The average molecular weight is 403 g/mol. The van der Waals surface area contributed by atoms with Crippen LogP contribution in [0.4, 0.5) is 5.69 Å². The summed E-state index contributed by atoms with van der Waals surface area (Å²) in [5, 5.41) is 0.643. The van der Waals surface area contributed by atoms with Crippen LogP contribution in [0.3, 0.4) is 0 Å². The minimum atomic E-state index is 0.643. The number of anilines is 1.